The lowest BCUT2D eigenvalue weighted by Gasteiger charge is -2.19. The molecule has 0 aromatic heterocycles. The normalized spacial score (nSPS) is 22.8. The van der Waals surface area contributed by atoms with Gasteiger partial charge in [-0.3, -0.25) is 4.79 Å². The highest BCUT2D eigenvalue weighted by Crippen LogP contribution is 2.27. The number of carbonyl (C=O) groups is 1. The van der Waals surface area contributed by atoms with Gasteiger partial charge in [-0.05, 0) is 36.1 Å². The second-order valence-electron chi connectivity index (χ2n) is 6.50. The maximum Gasteiger partial charge on any atom is 0.253 e. The van der Waals surface area contributed by atoms with E-state index in [1.165, 1.54) is 4.31 Å². The largest absolute Gasteiger partial charge is 0.338 e. The van der Waals surface area contributed by atoms with Gasteiger partial charge in [-0.1, -0.05) is 13.8 Å². The summed E-state index contributed by atoms with van der Waals surface area (Å²) in [6.45, 7) is 8.04. The van der Waals surface area contributed by atoms with Crippen molar-refractivity contribution in [3.8, 4) is 0 Å². The molecule has 25 heavy (non-hydrogen) atoms. The van der Waals surface area contributed by atoms with E-state index in [4.69, 9.17) is 0 Å². The van der Waals surface area contributed by atoms with Crippen LogP contribution >= 0.6 is 12.4 Å². The molecule has 1 amide bonds. The first-order chi connectivity index (χ1) is 11.5. The molecule has 1 aromatic carbocycles. The molecule has 2 saturated heterocycles. The Bertz CT molecular complexity index is 692. The third-order valence-electron chi connectivity index (χ3n) is 5.12. The smallest absolute Gasteiger partial charge is 0.253 e. The number of rotatable bonds is 5. The zero-order chi connectivity index (χ0) is 17.3. The average molecular weight is 388 g/mol. The number of sulfonamides is 1. The van der Waals surface area contributed by atoms with Crippen LogP contribution in [0, 0.1) is 11.8 Å². The fourth-order valence-electron chi connectivity index (χ4n) is 3.69. The standard InChI is InChI=1S/C17H25N3O3S.ClH/c1-3-20(4-2)24(22,23)16-7-5-13(6-8-16)17(21)19-11-14-9-18-10-15(14)12-19;/h5-8,14-15,18H,3-4,9-12H2,1-2H3;1H/t14-,15+;. The van der Waals surface area contributed by atoms with Gasteiger partial charge in [0.1, 0.15) is 0 Å². The van der Waals surface area contributed by atoms with Gasteiger partial charge in [-0.2, -0.15) is 4.31 Å². The van der Waals surface area contributed by atoms with Crippen molar-refractivity contribution in [3.05, 3.63) is 29.8 Å². The molecule has 2 fully saturated rings. The number of nitrogens with zero attached hydrogens (tertiary/aromatic N) is 2. The average Bonchev–Trinajstić information content (AvgIpc) is 3.17. The van der Waals surface area contributed by atoms with E-state index in [0.717, 1.165) is 26.2 Å². The Hall–Kier alpha value is -1.15. The number of fused-ring (bicyclic) bond motifs is 1. The van der Waals surface area contributed by atoms with Crippen molar-refractivity contribution in [1.29, 1.82) is 0 Å². The Morgan fingerprint density at radius 1 is 1.12 bits per heavy atom. The third-order valence-corrected chi connectivity index (χ3v) is 7.19. The highest BCUT2D eigenvalue weighted by molar-refractivity contribution is 7.89. The molecule has 3 rings (SSSR count). The summed E-state index contributed by atoms with van der Waals surface area (Å²) in [5.74, 6) is 1.10. The van der Waals surface area contributed by atoms with Crippen molar-refractivity contribution in [2.45, 2.75) is 18.7 Å². The van der Waals surface area contributed by atoms with Crippen molar-refractivity contribution in [2.75, 3.05) is 39.3 Å². The van der Waals surface area contributed by atoms with Crippen molar-refractivity contribution in [2.24, 2.45) is 11.8 Å². The number of benzene rings is 1. The highest BCUT2D eigenvalue weighted by Gasteiger charge is 2.38. The molecule has 0 unspecified atom stereocenters. The van der Waals surface area contributed by atoms with Gasteiger partial charge in [0.2, 0.25) is 10.0 Å². The minimum atomic E-state index is -3.47. The molecule has 1 N–H and O–H groups in total. The molecule has 2 atom stereocenters. The van der Waals surface area contributed by atoms with Gasteiger partial charge in [-0.25, -0.2) is 8.42 Å². The van der Waals surface area contributed by atoms with Gasteiger partial charge in [0.05, 0.1) is 4.90 Å². The Morgan fingerprint density at radius 2 is 1.64 bits per heavy atom. The highest BCUT2D eigenvalue weighted by atomic mass is 35.5. The fraction of sp³-hybridized carbons (Fsp3) is 0.588. The number of amides is 1. The molecule has 0 bridgehead atoms. The lowest BCUT2D eigenvalue weighted by atomic mass is 10.0. The van der Waals surface area contributed by atoms with E-state index >= 15 is 0 Å². The predicted molar refractivity (Wildman–Crippen MR) is 99.6 cm³/mol. The Morgan fingerprint density at radius 3 is 2.12 bits per heavy atom. The summed E-state index contributed by atoms with van der Waals surface area (Å²) in [7, 11) is -3.47. The summed E-state index contributed by atoms with van der Waals surface area (Å²) >= 11 is 0. The summed E-state index contributed by atoms with van der Waals surface area (Å²) in [5, 5.41) is 3.36. The zero-order valence-electron chi connectivity index (χ0n) is 14.6. The molecular weight excluding hydrogens is 362 g/mol. The molecule has 1 aromatic rings. The van der Waals surface area contributed by atoms with E-state index in [1.807, 2.05) is 18.7 Å². The van der Waals surface area contributed by atoms with Crippen molar-refractivity contribution < 1.29 is 13.2 Å². The number of halogens is 1. The molecular formula is C17H26ClN3O3S. The molecule has 140 valence electrons. The van der Waals surface area contributed by atoms with Crippen LogP contribution in [0.25, 0.3) is 0 Å². The van der Waals surface area contributed by atoms with Crippen LogP contribution in [0.1, 0.15) is 24.2 Å². The molecule has 8 heteroatoms. The van der Waals surface area contributed by atoms with Gasteiger partial charge in [-0.15, -0.1) is 12.4 Å². The van der Waals surface area contributed by atoms with E-state index in [2.05, 4.69) is 5.32 Å². The number of likely N-dealkylation sites (tertiary alicyclic amines) is 1. The van der Waals surface area contributed by atoms with E-state index in [-0.39, 0.29) is 23.2 Å². The van der Waals surface area contributed by atoms with E-state index in [9.17, 15) is 13.2 Å². The lowest BCUT2D eigenvalue weighted by Crippen LogP contribution is -2.32. The predicted octanol–water partition coefficient (Wildman–Crippen LogP) is 1.43. The van der Waals surface area contributed by atoms with Crippen LogP contribution in [0.3, 0.4) is 0 Å². The van der Waals surface area contributed by atoms with Crippen LogP contribution in [0.2, 0.25) is 0 Å². The minimum absolute atomic E-state index is 0. The van der Waals surface area contributed by atoms with Gasteiger partial charge in [0, 0.05) is 44.8 Å². The number of carbonyl (C=O) groups excluding carboxylic acids is 1. The summed E-state index contributed by atoms with van der Waals surface area (Å²) in [6.07, 6.45) is 0. The van der Waals surface area contributed by atoms with Gasteiger partial charge in [0.25, 0.3) is 5.91 Å². The fourth-order valence-corrected chi connectivity index (χ4v) is 5.14. The maximum atomic E-state index is 12.6. The summed E-state index contributed by atoms with van der Waals surface area (Å²) in [6, 6.07) is 6.34. The topological polar surface area (TPSA) is 69.7 Å². The first-order valence-corrected chi connectivity index (χ1v) is 10.0. The molecule has 2 aliphatic rings. The quantitative estimate of drug-likeness (QED) is 0.829. The van der Waals surface area contributed by atoms with Crippen LogP contribution < -0.4 is 5.32 Å². The SMILES string of the molecule is CCN(CC)S(=O)(=O)c1ccc(C(=O)N2C[C@H]3CNC[C@H]3C2)cc1.Cl. The number of nitrogens with one attached hydrogen (secondary N) is 1. The Balaban J connectivity index is 0.00000225. The molecule has 0 aliphatic carbocycles. The molecule has 0 saturated carbocycles. The zero-order valence-corrected chi connectivity index (χ0v) is 16.3. The van der Waals surface area contributed by atoms with Crippen molar-refractivity contribution in [1.82, 2.24) is 14.5 Å². The monoisotopic (exact) mass is 387 g/mol. The third kappa shape index (κ3) is 3.84. The van der Waals surface area contributed by atoms with Crippen molar-refractivity contribution in [3.63, 3.8) is 0 Å². The second kappa shape index (κ2) is 8.03. The summed E-state index contributed by atoms with van der Waals surface area (Å²) < 4.78 is 26.4. The molecule has 0 radical (unpaired) electrons. The first-order valence-electron chi connectivity index (χ1n) is 8.57. The maximum absolute atomic E-state index is 12.6. The van der Waals surface area contributed by atoms with Crippen LogP contribution in [0.5, 0.6) is 0 Å². The summed E-state index contributed by atoms with van der Waals surface area (Å²) in [4.78, 5) is 14.8. The van der Waals surface area contributed by atoms with E-state index in [0.29, 0.717) is 30.5 Å². The van der Waals surface area contributed by atoms with E-state index < -0.39 is 10.0 Å². The molecule has 0 spiro atoms. The van der Waals surface area contributed by atoms with Crippen molar-refractivity contribution >= 4 is 28.3 Å². The second-order valence-corrected chi connectivity index (χ2v) is 8.44. The first kappa shape index (κ1) is 20.2. The van der Waals surface area contributed by atoms with Gasteiger partial charge < -0.3 is 10.2 Å². The molecule has 2 aliphatic heterocycles. The number of hydrogen-bond acceptors (Lipinski definition) is 4. The Kier molecular flexibility index (Phi) is 6.48. The lowest BCUT2D eigenvalue weighted by molar-refractivity contribution is 0.0781. The summed E-state index contributed by atoms with van der Waals surface area (Å²) in [5.41, 5.74) is 0.557. The van der Waals surface area contributed by atoms with Gasteiger partial charge in [0.15, 0.2) is 0 Å². The van der Waals surface area contributed by atoms with Crippen LogP contribution in [0.15, 0.2) is 29.2 Å². The van der Waals surface area contributed by atoms with Crippen LogP contribution in [-0.4, -0.2) is 62.8 Å². The van der Waals surface area contributed by atoms with Gasteiger partial charge >= 0.3 is 0 Å². The van der Waals surface area contributed by atoms with E-state index in [1.54, 1.807) is 24.3 Å². The minimum Gasteiger partial charge on any atom is -0.338 e. The number of hydrogen-bond donors (Lipinski definition) is 1. The van der Waals surface area contributed by atoms with Crippen LogP contribution in [0.4, 0.5) is 0 Å². The molecule has 6 nitrogen and oxygen atoms in total. The molecule has 2 heterocycles. The van der Waals surface area contributed by atoms with Crippen LogP contribution in [-0.2, 0) is 10.0 Å². The Labute approximate surface area is 156 Å².